The first-order valence-corrected chi connectivity index (χ1v) is 6.62. The van der Waals surface area contributed by atoms with Gasteiger partial charge in [-0.3, -0.25) is 9.59 Å². The molecule has 0 saturated heterocycles. The SMILES string of the molecule is CNC(C)CNC(=O)CCn1cc(Br)ccc1=O. The fourth-order valence-corrected chi connectivity index (χ4v) is 1.74. The Kier molecular flexibility index (Phi) is 6.07. The van der Waals surface area contributed by atoms with Gasteiger partial charge in [0, 0.05) is 42.3 Å². The maximum atomic E-state index is 11.6. The van der Waals surface area contributed by atoms with Crippen LogP contribution in [0.3, 0.4) is 0 Å². The van der Waals surface area contributed by atoms with E-state index in [1.54, 1.807) is 12.3 Å². The number of carbonyl (C=O) groups is 1. The number of pyridine rings is 1. The highest BCUT2D eigenvalue weighted by molar-refractivity contribution is 9.10. The maximum absolute atomic E-state index is 11.6. The molecule has 100 valence electrons. The molecule has 1 unspecified atom stereocenters. The molecule has 18 heavy (non-hydrogen) atoms. The first kappa shape index (κ1) is 14.9. The summed E-state index contributed by atoms with van der Waals surface area (Å²) in [5.41, 5.74) is -0.102. The Balaban J connectivity index is 2.43. The third-order valence-corrected chi connectivity index (χ3v) is 3.09. The molecule has 0 fully saturated rings. The van der Waals surface area contributed by atoms with Gasteiger partial charge < -0.3 is 15.2 Å². The molecule has 0 spiro atoms. The lowest BCUT2D eigenvalue weighted by molar-refractivity contribution is -0.121. The molecule has 5 nitrogen and oxygen atoms in total. The van der Waals surface area contributed by atoms with Crippen LogP contribution in [0.4, 0.5) is 0 Å². The minimum absolute atomic E-state index is 0.0519. The molecule has 1 rings (SSSR count). The van der Waals surface area contributed by atoms with Crippen LogP contribution in [-0.4, -0.2) is 30.1 Å². The van der Waals surface area contributed by atoms with Crippen LogP contribution in [0, 0.1) is 0 Å². The minimum atomic E-state index is -0.102. The summed E-state index contributed by atoms with van der Waals surface area (Å²) in [4.78, 5) is 23.1. The van der Waals surface area contributed by atoms with Gasteiger partial charge in [0.15, 0.2) is 0 Å². The molecular weight excluding hydrogens is 298 g/mol. The molecule has 1 aromatic heterocycles. The molecule has 1 aromatic rings. The monoisotopic (exact) mass is 315 g/mol. The van der Waals surface area contributed by atoms with E-state index in [1.807, 2.05) is 14.0 Å². The number of aromatic nitrogens is 1. The molecule has 0 aliphatic rings. The van der Waals surface area contributed by atoms with Crippen molar-refractivity contribution in [1.29, 1.82) is 0 Å². The summed E-state index contributed by atoms with van der Waals surface area (Å²) in [5.74, 6) is -0.0519. The van der Waals surface area contributed by atoms with Crippen molar-refractivity contribution in [2.75, 3.05) is 13.6 Å². The average Bonchev–Trinajstić information content (AvgIpc) is 2.36. The van der Waals surface area contributed by atoms with Crippen molar-refractivity contribution in [2.24, 2.45) is 0 Å². The minimum Gasteiger partial charge on any atom is -0.354 e. The van der Waals surface area contributed by atoms with E-state index in [2.05, 4.69) is 26.6 Å². The predicted molar refractivity (Wildman–Crippen MR) is 74.6 cm³/mol. The van der Waals surface area contributed by atoms with Crippen molar-refractivity contribution < 1.29 is 4.79 Å². The fraction of sp³-hybridized carbons (Fsp3) is 0.500. The van der Waals surface area contributed by atoms with Crippen molar-refractivity contribution in [3.8, 4) is 0 Å². The topological polar surface area (TPSA) is 63.1 Å². The largest absolute Gasteiger partial charge is 0.354 e. The van der Waals surface area contributed by atoms with E-state index in [1.165, 1.54) is 10.6 Å². The van der Waals surface area contributed by atoms with Gasteiger partial charge >= 0.3 is 0 Å². The summed E-state index contributed by atoms with van der Waals surface area (Å²) in [6.07, 6.45) is 1.98. The predicted octanol–water partition coefficient (Wildman–Crippen LogP) is 0.725. The number of hydrogen-bond acceptors (Lipinski definition) is 3. The summed E-state index contributed by atoms with van der Waals surface area (Å²) in [7, 11) is 1.85. The zero-order valence-electron chi connectivity index (χ0n) is 10.6. The van der Waals surface area contributed by atoms with Gasteiger partial charge in [-0.1, -0.05) is 0 Å². The third-order valence-electron chi connectivity index (χ3n) is 2.63. The molecular formula is C12H18BrN3O2. The number of carbonyl (C=O) groups excluding carboxylic acids is 1. The molecule has 1 amide bonds. The van der Waals surface area contributed by atoms with Crippen LogP contribution >= 0.6 is 15.9 Å². The van der Waals surface area contributed by atoms with Crippen LogP contribution in [0.2, 0.25) is 0 Å². The number of amides is 1. The highest BCUT2D eigenvalue weighted by Crippen LogP contribution is 2.05. The Morgan fingerprint density at radius 1 is 1.50 bits per heavy atom. The Morgan fingerprint density at radius 2 is 2.22 bits per heavy atom. The van der Waals surface area contributed by atoms with E-state index < -0.39 is 0 Å². The van der Waals surface area contributed by atoms with Gasteiger partial charge in [-0.15, -0.1) is 0 Å². The van der Waals surface area contributed by atoms with Gasteiger partial charge in [0.05, 0.1) is 0 Å². The first-order chi connectivity index (χ1) is 8.52. The number of halogens is 1. The van der Waals surface area contributed by atoms with E-state index in [0.717, 1.165) is 4.47 Å². The number of hydrogen-bond donors (Lipinski definition) is 2. The van der Waals surface area contributed by atoms with Crippen molar-refractivity contribution >= 4 is 21.8 Å². The van der Waals surface area contributed by atoms with Crippen LogP contribution in [-0.2, 0) is 11.3 Å². The second kappa shape index (κ2) is 7.33. The number of rotatable bonds is 6. The molecule has 0 aromatic carbocycles. The zero-order chi connectivity index (χ0) is 13.5. The molecule has 0 aliphatic heterocycles. The number of nitrogens with one attached hydrogen (secondary N) is 2. The maximum Gasteiger partial charge on any atom is 0.250 e. The third kappa shape index (κ3) is 5.01. The highest BCUT2D eigenvalue weighted by atomic mass is 79.9. The summed E-state index contributed by atoms with van der Waals surface area (Å²) in [6.45, 7) is 2.96. The van der Waals surface area contributed by atoms with Crippen LogP contribution in [0.5, 0.6) is 0 Å². The smallest absolute Gasteiger partial charge is 0.250 e. The van der Waals surface area contributed by atoms with Crippen molar-refractivity contribution in [1.82, 2.24) is 15.2 Å². The highest BCUT2D eigenvalue weighted by Gasteiger charge is 2.05. The molecule has 6 heteroatoms. The summed E-state index contributed by atoms with van der Waals surface area (Å²) in [6, 6.07) is 3.40. The number of likely N-dealkylation sites (N-methyl/N-ethyl adjacent to an activating group) is 1. The molecule has 1 atom stereocenters. The number of nitrogens with zero attached hydrogens (tertiary/aromatic N) is 1. The normalized spacial score (nSPS) is 12.2. The summed E-state index contributed by atoms with van der Waals surface area (Å²) < 4.78 is 2.34. The number of aryl methyl sites for hydroxylation is 1. The van der Waals surface area contributed by atoms with Crippen LogP contribution in [0.1, 0.15) is 13.3 Å². The summed E-state index contributed by atoms with van der Waals surface area (Å²) >= 11 is 3.29. The quantitative estimate of drug-likeness (QED) is 0.813. The van der Waals surface area contributed by atoms with E-state index in [9.17, 15) is 9.59 Å². The van der Waals surface area contributed by atoms with E-state index >= 15 is 0 Å². The van der Waals surface area contributed by atoms with Crippen LogP contribution in [0.25, 0.3) is 0 Å². The Labute approximate surface area is 115 Å². The van der Waals surface area contributed by atoms with Gasteiger partial charge in [-0.25, -0.2) is 0 Å². The van der Waals surface area contributed by atoms with Crippen LogP contribution < -0.4 is 16.2 Å². The molecule has 0 bridgehead atoms. The molecule has 0 aliphatic carbocycles. The van der Waals surface area contributed by atoms with E-state index in [0.29, 0.717) is 19.5 Å². The Morgan fingerprint density at radius 3 is 2.89 bits per heavy atom. The second-order valence-electron chi connectivity index (χ2n) is 4.12. The zero-order valence-corrected chi connectivity index (χ0v) is 12.2. The van der Waals surface area contributed by atoms with E-state index in [-0.39, 0.29) is 17.5 Å². The van der Waals surface area contributed by atoms with Crippen LogP contribution in [0.15, 0.2) is 27.6 Å². The lowest BCUT2D eigenvalue weighted by Crippen LogP contribution is -2.37. The van der Waals surface area contributed by atoms with Crippen molar-refractivity contribution in [3.05, 3.63) is 33.2 Å². The standard InChI is InChI=1S/C12H18BrN3O2/c1-9(14-2)7-15-11(17)5-6-16-8-10(13)3-4-12(16)18/h3-4,8-9,14H,5-7H2,1-2H3,(H,15,17). The molecule has 1 heterocycles. The molecule has 0 saturated carbocycles. The van der Waals surface area contributed by atoms with Crippen molar-refractivity contribution in [2.45, 2.75) is 25.9 Å². The van der Waals surface area contributed by atoms with Gasteiger partial charge in [0.1, 0.15) is 0 Å². The van der Waals surface area contributed by atoms with Gasteiger partial charge in [-0.05, 0) is 36.0 Å². The Hall–Kier alpha value is -1.14. The fourth-order valence-electron chi connectivity index (χ4n) is 1.36. The lowest BCUT2D eigenvalue weighted by Gasteiger charge is -2.11. The van der Waals surface area contributed by atoms with E-state index in [4.69, 9.17) is 0 Å². The van der Waals surface area contributed by atoms with Gasteiger partial charge in [0.25, 0.3) is 5.56 Å². The molecule has 0 radical (unpaired) electrons. The lowest BCUT2D eigenvalue weighted by atomic mass is 10.3. The Bertz CT molecular complexity index is 459. The molecule has 2 N–H and O–H groups in total. The average molecular weight is 316 g/mol. The van der Waals surface area contributed by atoms with Gasteiger partial charge in [0.2, 0.25) is 5.91 Å². The summed E-state index contributed by atoms with van der Waals surface area (Å²) in [5, 5.41) is 5.84. The first-order valence-electron chi connectivity index (χ1n) is 5.83. The second-order valence-corrected chi connectivity index (χ2v) is 5.04. The van der Waals surface area contributed by atoms with Gasteiger partial charge in [-0.2, -0.15) is 0 Å². The van der Waals surface area contributed by atoms with Crippen molar-refractivity contribution in [3.63, 3.8) is 0 Å².